The maximum atomic E-state index is 12.2. The van der Waals surface area contributed by atoms with Crippen LogP contribution in [0.5, 0.6) is 0 Å². The SMILES string of the molecule is COC(=O)[C@H](C)CN1[C@H](c2ccnc(Cl)c2C)c2[nH]c3ccccc3c2C[C@H]1C. The predicted octanol–water partition coefficient (Wildman–Crippen LogP) is 4.67. The number of hydrogen-bond acceptors (Lipinski definition) is 4. The lowest BCUT2D eigenvalue weighted by Gasteiger charge is -2.42. The van der Waals surface area contributed by atoms with E-state index in [1.165, 1.54) is 23.8 Å². The molecule has 0 saturated heterocycles. The molecule has 0 aliphatic carbocycles. The highest BCUT2D eigenvalue weighted by Gasteiger charge is 2.38. The number of aromatic nitrogens is 2. The maximum Gasteiger partial charge on any atom is 0.309 e. The summed E-state index contributed by atoms with van der Waals surface area (Å²) >= 11 is 6.39. The molecule has 5 nitrogen and oxygen atoms in total. The number of nitrogens with zero attached hydrogens (tertiary/aromatic N) is 2. The monoisotopic (exact) mass is 411 g/mol. The van der Waals surface area contributed by atoms with Crippen molar-refractivity contribution in [2.45, 2.75) is 39.3 Å². The van der Waals surface area contributed by atoms with Crippen molar-refractivity contribution in [3.63, 3.8) is 0 Å². The van der Waals surface area contributed by atoms with Gasteiger partial charge in [0.05, 0.1) is 19.1 Å². The predicted molar refractivity (Wildman–Crippen MR) is 115 cm³/mol. The first-order valence-corrected chi connectivity index (χ1v) is 10.3. The van der Waals surface area contributed by atoms with Crippen LogP contribution in [0.3, 0.4) is 0 Å². The molecule has 3 atom stereocenters. The molecule has 4 rings (SSSR count). The average molecular weight is 412 g/mol. The molecule has 2 aromatic heterocycles. The molecule has 1 N–H and O–H groups in total. The zero-order valence-corrected chi connectivity index (χ0v) is 18.0. The summed E-state index contributed by atoms with van der Waals surface area (Å²) in [5.74, 6) is -0.420. The van der Waals surface area contributed by atoms with Gasteiger partial charge in [0.25, 0.3) is 0 Å². The average Bonchev–Trinajstić information content (AvgIpc) is 3.08. The van der Waals surface area contributed by atoms with Gasteiger partial charge in [-0.25, -0.2) is 4.98 Å². The number of H-pyrrole nitrogens is 1. The molecule has 0 spiro atoms. The highest BCUT2D eigenvalue weighted by molar-refractivity contribution is 6.30. The standard InChI is InChI=1S/C23H26ClN3O2/c1-13(23(28)29-4)12-27-14(2)11-18-17-7-5-6-8-19(17)26-20(18)21(27)16-9-10-25-22(24)15(16)3/h5-10,13-14,21,26H,11-12H2,1-4H3/t13-,14-,21-/m1/s1. The van der Waals surface area contributed by atoms with E-state index in [0.29, 0.717) is 11.7 Å². The van der Waals surface area contributed by atoms with Gasteiger partial charge in [0.1, 0.15) is 5.15 Å². The lowest BCUT2D eigenvalue weighted by molar-refractivity contribution is -0.145. The molecule has 6 heteroatoms. The lowest BCUT2D eigenvalue weighted by Crippen LogP contribution is -2.46. The number of aromatic amines is 1. The fourth-order valence-electron chi connectivity index (χ4n) is 4.54. The van der Waals surface area contributed by atoms with Crippen LogP contribution in [0, 0.1) is 12.8 Å². The minimum atomic E-state index is -0.228. The third-order valence-corrected chi connectivity index (χ3v) is 6.47. The Morgan fingerprint density at radius 1 is 1.38 bits per heavy atom. The fourth-order valence-corrected chi connectivity index (χ4v) is 4.70. The number of hydrogen-bond donors (Lipinski definition) is 1. The first-order chi connectivity index (χ1) is 13.9. The first kappa shape index (κ1) is 19.9. The van der Waals surface area contributed by atoms with Crippen molar-refractivity contribution in [3.05, 3.63) is 64.1 Å². The third-order valence-electron chi connectivity index (χ3n) is 6.08. The minimum absolute atomic E-state index is 0.0336. The number of esters is 1. The summed E-state index contributed by atoms with van der Waals surface area (Å²) in [5.41, 5.74) is 5.73. The molecular weight excluding hydrogens is 386 g/mol. The number of carbonyl (C=O) groups excluding carboxylic acids is 1. The number of para-hydroxylation sites is 1. The molecule has 3 aromatic rings. The molecule has 3 heterocycles. The van der Waals surface area contributed by atoms with E-state index in [9.17, 15) is 4.79 Å². The van der Waals surface area contributed by atoms with E-state index in [0.717, 1.165) is 23.1 Å². The Morgan fingerprint density at radius 2 is 2.14 bits per heavy atom. The largest absolute Gasteiger partial charge is 0.469 e. The van der Waals surface area contributed by atoms with Crippen LogP contribution >= 0.6 is 11.6 Å². The topological polar surface area (TPSA) is 58.2 Å². The Labute approximate surface area is 176 Å². The Balaban J connectivity index is 1.89. The van der Waals surface area contributed by atoms with E-state index in [4.69, 9.17) is 16.3 Å². The summed E-state index contributed by atoms with van der Waals surface area (Å²) in [7, 11) is 1.44. The molecule has 29 heavy (non-hydrogen) atoms. The van der Waals surface area contributed by atoms with Crippen molar-refractivity contribution in [2.75, 3.05) is 13.7 Å². The summed E-state index contributed by atoms with van der Waals surface area (Å²) in [4.78, 5) is 22.4. The number of pyridine rings is 1. The Hall–Kier alpha value is -2.37. The van der Waals surface area contributed by atoms with E-state index in [2.05, 4.69) is 40.0 Å². The van der Waals surface area contributed by atoms with E-state index in [1.807, 2.05) is 26.0 Å². The van der Waals surface area contributed by atoms with Crippen LogP contribution in [0.4, 0.5) is 0 Å². The van der Waals surface area contributed by atoms with E-state index < -0.39 is 0 Å². The van der Waals surface area contributed by atoms with Crippen LogP contribution < -0.4 is 0 Å². The van der Waals surface area contributed by atoms with Gasteiger partial charge in [-0.15, -0.1) is 0 Å². The van der Waals surface area contributed by atoms with Crippen LogP contribution in [0.2, 0.25) is 5.15 Å². The number of carbonyl (C=O) groups is 1. The summed E-state index contributed by atoms with van der Waals surface area (Å²) in [6.07, 6.45) is 2.68. The number of nitrogens with one attached hydrogen (secondary N) is 1. The summed E-state index contributed by atoms with van der Waals surface area (Å²) in [6, 6.07) is 10.7. The zero-order chi connectivity index (χ0) is 20.7. The number of ether oxygens (including phenoxy) is 1. The normalized spacial score (nSPS) is 20.4. The Morgan fingerprint density at radius 3 is 2.90 bits per heavy atom. The highest BCUT2D eigenvalue weighted by Crippen LogP contribution is 2.42. The van der Waals surface area contributed by atoms with Crippen LogP contribution in [0.1, 0.15) is 42.3 Å². The Bertz CT molecular complexity index is 1060. The van der Waals surface area contributed by atoms with Crippen LogP contribution in [-0.2, 0) is 16.0 Å². The van der Waals surface area contributed by atoms with Gasteiger partial charge in [-0.3, -0.25) is 9.69 Å². The van der Waals surface area contributed by atoms with Gasteiger partial charge in [-0.05, 0) is 49.1 Å². The number of benzene rings is 1. The van der Waals surface area contributed by atoms with Gasteiger partial charge in [-0.2, -0.15) is 0 Å². The second-order valence-corrected chi connectivity index (χ2v) is 8.31. The highest BCUT2D eigenvalue weighted by atomic mass is 35.5. The van der Waals surface area contributed by atoms with Gasteiger partial charge >= 0.3 is 5.97 Å². The Kier molecular flexibility index (Phi) is 5.36. The van der Waals surface area contributed by atoms with Gasteiger partial charge < -0.3 is 9.72 Å². The smallest absolute Gasteiger partial charge is 0.309 e. The molecule has 152 valence electrons. The molecule has 1 aliphatic heterocycles. The molecule has 0 fully saturated rings. The summed E-state index contributed by atoms with van der Waals surface area (Å²) in [5, 5.41) is 1.78. The van der Waals surface area contributed by atoms with Gasteiger partial charge in [-0.1, -0.05) is 36.7 Å². The van der Waals surface area contributed by atoms with E-state index >= 15 is 0 Å². The zero-order valence-electron chi connectivity index (χ0n) is 17.2. The van der Waals surface area contributed by atoms with Gasteiger partial charge in [0.2, 0.25) is 0 Å². The van der Waals surface area contributed by atoms with Crippen LogP contribution in [-0.4, -0.2) is 40.5 Å². The molecule has 0 unspecified atom stereocenters. The fraction of sp³-hybridized carbons (Fsp3) is 0.391. The molecule has 0 amide bonds. The minimum Gasteiger partial charge on any atom is -0.469 e. The molecule has 1 aliphatic rings. The quantitative estimate of drug-likeness (QED) is 0.500. The third kappa shape index (κ3) is 3.43. The van der Waals surface area contributed by atoms with Crippen molar-refractivity contribution in [3.8, 4) is 0 Å². The molecular formula is C23H26ClN3O2. The van der Waals surface area contributed by atoms with Crippen molar-refractivity contribution in [1.82, 2.24) is 14.9 Å². The van der Waals surface area contributed by atoms with Gasteiger partial charge in [0, 0.05) is 35.4 Å². The lowest BCUT2D eigenvalue weighted by atomic mass is 9.87. The number of methoxy groups -OCH3 is 1. The maximum absolute atomic E-state index is 12.2. The molecule has 0 saturated carbocycles. The second kappa shape index (κ2) is 7.81. The summed E-state index contributed by atoms with van der Waals surface area (Å²) in [6.45, 7) is 6.75. The van der Waals surface area contributed by atoms with Gasteiger partial charge in [0.15, 0.2) is 0 Å². The van der Waals surface area contributed by atoms with Crippen molar-refractivity contribution < 1.29 is 9.53 Å². The van der Waals surface area contributed by atoms with Crippen molar-refractivity contribution in [1.29, 1.82) is 0 Å². The number of halogens is 1. The second-order valence-electron chi connectivity index (χ2n) is 7.96. The first-order valence-electron chi connectivity index (χ1n) is 9.96. The van der Waals surface area contributed by atoms with E-state index in [-0.39, 0.29) is 24.0 Å². The van der Waals surface area contributed by atoms with Crippen LogP contribution in [0.25, 0.3) is 10.9 Å². The number of fused-ring (bicyclic) bond motifs is 3. The molecule has 0 radical (unpaired) electrons. The molecule has 1 aromatic carbocycles. The van der Waals surface area contributed by atoms with Crippen LogP contribution in [0.15, 0.2) is 36.5 Å². The summed E-state index contributed by atoms with van der Waals surface area (Å²) < 4.78 is 4.99. The van der Waals surface area contributed by atoms with Crippen molar-refractivity contribution in [2.24, 2.45) is 5.92 Å². The molecule has 0 bridgehead atoms. The van der Waals surface area contributed by atoms with E-state index in [1.54, 1.807) is 6.20 Å². The van der Waals surface area contributed by atoms with Crippen molar-refractivity contribution >= 4 is 28.5 Å². The number of rotatable bonds is 4.